The van der Waals surface area contributed by atoms with Crippen LogP contribution < -0.4 is 5.32 Å². The second kappa shape index (κ2) is 8.06. The van der Waals surface area contributed by atoms with Crippen molar-refractivity contribution in [3.05, 3.63) is 52.2 Å². The summed E-state index contributed by atoms with van der Waals surface area (Å²) >= 11 is 1.56. The molecule has 6 heteroatoms. The van der Waals surface area contributed by atoms with Crippen LogP contribution in [0.15, 0.2) is 36.0 Å². The minimum absolute atomic E-state index is 0.165. The van der Waals surface area contributed by atoms with Crippen LogP contribution in [0.2, 0.25) is 0 Å². The van der Waals surface area contributed by atoms with Crippen molar-refractivity contribution in [2.45, 2.75) is 19.3 Å². The Balaban J connectivity index is 1.60. The number of thiazole rings is 1. The monoisotopic (exact) mass is 296 g/mol. The number of nitrogens with one attached hydrogen (secondary N) is 1. The van der Waals surface area contributed by atoms with Gasteiger partial charge in [-0.25, -0.2) is 4.39 Å². The van der Waals surface area contributed by atoms with E-state index in [1.807, 2.05) is 0 Å². The van der Waals surface area contributed by atoms with Crippen LogP contribution >= 0.6 is 11.3 Å². The van der Waals surface area contributed by atoms with Gasteiger partial charge < -0.3 is 15.2 Å². The molecule has 1 aromatic heterocycles. The minimum Gasteiger partial charge on any atom is -0.389 e. The normalized spacial score (nSPS) is 12.5. The number of aliphatic hydroxyl groups is 1. The van der Waals surface area contributed by atoms with Crippen LogP contribution in [0.3, 0.4) is 0 Å². The van der Waals surface area contributed by atoms with E-state index in [-0.39, 0.29) is 19.0 Å². The van der Waals surface area contributed by atoms with E-state index in [9.17, 15) is 9.50 Å². The Labute approximate surface area is 121 Å². The van der Waals surface area contributed by atoms with Gasteiger partial charge in [0, 0.05) is 29.7 Å². The molecule has 0 saturated heterocycles. The molecule has 0 saturated carbocycles. The number of aromatic nitrogens is 1. The summed E-state index contributed by atoms with van der Waals surface area (Å²) in [5, 5.41) is 12.8. The van der Waals surface area contributed by atoms with Crippen molar-refractivity contribution in [2.24, 2.45) is 0 Å². The molecular weight excluding hydrogens is 279 g/mol. The number of ether oxygens (including phenoxy) is 1. The van der Waals surface area contributed by atoms with Crippen LogP contribution in [0.5, 0.6) is 0 Å². The average Bonchev–Trinajstić information content (AvgIpc) is 2.94. The summed E-state index contributed by atoms with van der Waals surface area (Å²) in [6.45, 7) is 1.44. The fraction of sp³-hybridized carbons (Fsp3) is 0.357. The van der Waals surface area contributed by atoms with Crippen molar-refractivity contribution >= 4 is 11.3 Å². The third-order valence-electron chi connectivity index (χ3n) is 2.69. The number of halogens is 1. The van der Waals surface area contributed by atoms with Gasteiger partial charge >= 0.3 is 0 Å². The molecule has 2 rings (SSSR count). The highest BCUT2D eigenvalue weighted by molar-refractivity contribution is 7.09. The van der Waals surface area contributed by atoms with Crippen LogP contribution in [-0.4, -0.2) is 29.3 Å². The summed E-state index contributed by atoms with van der Waals surface area (Å²) in [5.41, 5.74) is 2.27. The molecule has 4 nitrogen and oxygen atoms in total. The SMILES string of the molecule is OC(CNCc1cncs1)COCc1ccccc1F. The van der Waals surface area contributed by atoms with E-state index in [2.05, 4.69) is 10.3 Å². The Hall–Kier alpha value is -1.34. The van der Waals surface area contributed by atoms with Crippen LogP contribution in [0.1, 0.15) is 10.4 Å². The zero-order valence-electron chi connectivity index (χ0n) is 11.0. The van der Waals surface area contributed by atoms with Crippen LogP contribution in [-0.2, 0) is 17.9 Å². The van der Waals surface area contributed by atoms with Crippen molar-refractivity contribution in [2.75, 3.05) is 13.2 Å². The molecular formula is C14H17FN2O2S. The van der Waals surface area contributed by atoms with E-state index in [0.29, 0.717) is 18.7 Å². The number of hydrogen-bond donors (Lipinski definition) is 2. The summed E-state index contributed by atoms with van der Waals surface area (Å²) in [7, 11) is 0. The van der Waals surface area contributed by atoms with Gasteiger partial charge in [-0.1, -0.05) is 18.2 Å². The lowest BCUT2D eigenvalue weighted by atomic mass is 10.2. The molecule has 1 atom stereocenters. The first-order chi connectivity index (χ1) is 9.75. The predicted molar refractivity (Wildman–Crippen MR) is 75.9 cm³/mol. The zero-order valence-corrected chi connectivity index (χ0v) is 11.8. The Bertz CT molecular complexity index is 508. The van der Waals surface area contributed by atoms with Gasteiger partial charge in [0.15, 0.2) is 0 Å². The lowest BCUT2D eigenvalue weighted by Crippen LogP contribution is -2.29. The Morgan fingerprint density at radius 1 is 1.40 bits per heavy atom. The summed E-state index contributed by atoms with van der Waals surface area (Å²) in [6.07, 6.45) is 1.17. The molecule has 0 bridgehead atoms. The first-order valence-electron chi connectivity index (χ1n) is 6.33. The van der Waals surface area contributed by atoms with Crippen LogP contribution in [0.25, 0.3) is 0 Å². The fourth-order valence-electron chi connectivity index (χ4n) is 1.67. The van der Waals surface area contributed by atoms with Crippen LogP contribution in [0.4, 0.5) is 4.39 Å². The standard InChI is InChI=1S/C14H17FN2O2S/c15-14-4-2-1-3-11(14)8-19-9-12(18)5-16-6-13-7-17-10-20-13/h1-4,7,10,12,16,18H,5-6,8-9H2. The fourth-order valence-corrected chi connectivity index (χ4v) is 2.23. The van der Waals surface area contributed by atoms with E-state index in [1.165, 1.54) is 6.07 Å². The zero-order chi connectivity index (χ0) is 14.2. The highest BCUT2D eigenvalue weighted by atomic mass is 32.1. The number of aliphatic hydroxyl groups excluding tert-OH is 1. The quantitative estimate of drug-likeness (QED) is 0.782. The van der Waals surface area contributed by atoms with Crippen molar-refractivity contribution in [1.82, 2.24) is 10.3 Å². The Kier molecular flexibility index (Phi) is 6.07. The molecule has 108 valence electrons. The maximum Gasteiger partial charge on any atom is 0.128 e. The van der Waals surface area contributed by atoms with Gasteiger partial charge in [0.2, 0.25) is 0 Å². The molecule has 0 spiro atoms. The van der Waals surface area contributed by atoms with Crippen molar-refractivity contribution in [1.29, 1.82) is 0 Å². The third-order valence-corrected chi connectivity index (χ3v) is 3.47. The van der Waals surface area contributed by atoms with Gasteiger partial charge in [-0.3, -0.25) is 4.98 Å². The lowest BCUT2D eigenvalue weighted by Gasteiger charge is -2.12. The number of hydrogen-bond acceptors (Lipinski definition) is 5. The molecule has 1 heterocycles. The highest BCUT2D eigenvalue weighted by Crippen LogP contribution is 2.08. The van der Waals surface area contributed by atoms with Gasteiger partial charge in [0.1, 0.15) is 5.82 Å². The topological polar surface area (TPSA) is 54.4 Å². The Morgan fingerprint density at radius 3 is 3.00 bits per heavy atom. The van der Waals surface area contributed by atoms with Crippen molar-refractivity contribution in [3.63, 3.8) is 0 Å². The van der Waals surface area contributed by atoms with E-state index in [4.69, 9.17) is 4.74 Å². The maximum absolute atomic E-state index is 13.3. The van der Waals surface area contributed by atoms with Crippen LogP contribution in [0, 0.1) is 5.82 Å². The molecule has 2 N–H and O–H groups in total. The summed E-state index contributed by atoms with van der Waals surface area (Å²) in [5.74, 6) is -0.287. The first-order valence-corrected chi connectivity index (χ1v) is 7.21. The van der Waals surface area contributed by atoms with Gasteiger partial charge in [-0.05, 0) is 6.07 Å². The molecule has 0 radical (unpaired) electrons. The number of benzene rings is 1. The smallest absolute Gasteiger partial charge is 0.128 e. The molecule has 0 aliphatic carbocycles. The molecule has 1 unspecified atom stereocenters. The Morgan fingerprint density at radius 2 is 2.25 bits per heavy atom. The molecule has 2 aromatic rings. The molecule has 0 aliphatic rings. The summed E-state index contributed by atoms with van der Waals surface area (Å²) in [6, 6.07) is 6.46. The van der Waals surface area contributed by atoms with E-state index in [0.717, 1.165) is 4.88 Å². The second-order valence-electron chi connectivity index (χ2n) is 4.36. The number of rotatable bonds is 8. The van der Waals surface area contributed by atoms with Gasteiger partial charge in [-0.2, -0.15) is 0 Å². The maximum atomic E-state index is 13.3. The van der Waals surface area contributed by atoms with Gasteiger partial charge in [0.05, 0.1) is 24.8 Å². The lowest BCUT2D eigenvalue weighted by molar-refractivity contribution is 0.0278. The predicted octanol–water partition coefficient (Wildman–Crippen LogP) is 1.95. The van der Waals surface area contributed by atoms with E-state index in [1.54, 1.807) is 41.2 Å². The molecule has 0 aliphatic heterocycles. The van der Waals surface area contributed by atoms with Gasteiger partial charge in [-0.15, -0.1) is 11.3 Å². The summed E-state index contributed by atoms with van der Waals surface area (Å²) < 4.78 is 18.6. The molecule has 0 fully saturated rings. The minimum atomic E-state index is -0.616. The van der Waals surface area contributed by atoms with Gasteiger partial charge in [0.25, 0.3) is 0 Å². The average molecular weight is 296 g/mol. The van der Waals surface area contributed by atoms with E-state index < -0.39 is 6.10 Å². The molecule has 0 amide bonds. The van der Waals surface area contributed by atoms with Crippen molar-refractivity contribution in [3.8, 4) is 0 Å². The number of nitrogens with zero attached hydrogens (tertiary/aromatic N) is 1. The molecule has 1 aromatic carbocycles. The first kappa shape index (κ1) is 15.1. The van der Waals surface area contributed by atoms with Crippen molar-refractivity contribution < 1.29 is 14.2 Å². The summed E-state index contributed by atoms with van der Waals surface area (Å²) in [4.78, 5) is 5.08. The molecule has 20 heavy (non-hydrogen) atoms. The third kappa shape index (κ3) is 4.97. The van der Waals surface area contributed by atoms with E-state index >= 15 is 0 Å². The second-order valence-corrected chi connectivity index (χ2v) is 5.33. The highest BCUT2D eigenvalue weighted by Gasteiger charge is 2.06. The largest absolute Gasteiger partial charge is 0.389 e.